The maximum absolute atomic E-state index is 13.0. The molecule has 10 nitrogen and oxygen atoms in total. The highest BCUT2D eigenvalue weighted by atomic mass is 32.1. The molecule has 5 heterocycles. The van der Waals surface area contributed by atoms with Crippen molar-refractivity contribution in [3.05, 3.63) is 89.5 Å². The number of amides is 2. The number of rotatable bonds is 9. The zero-order chi connectivity index (χ0) is 23.3. The normalized spacial score (nSPS) is 11.1. The summed E-state index contributed by atoms with van der Waals surface area (Å²) in [4.78, 5) is 36.3. The summed E-state index contributed by atoms with van der Waals surface area (Å²) in [6.07, 6.45) is 10.7. The molecule has 0 atom stereocenters. The molecule has 0 saturated heterocycles. The Bertz CT molecular complexity index is 1390. The van der Waals surface area contributed by atoms with E-state index in [2.05, 4.69) is 20.4 Å². The van der Waals surface area contributed by atoms with Crippen LogP contribution in [0.5, 0.6) is 0 Å². The van der Waals surface area contributed by atoms with Gasteiger partial charge in [0.25, 0.3) is 5.91 Å². The van der Waals surface area contributed by atoms with Crippen molar-refractivity contribution >= 4 is 33.9 Å². The third-order valence-electron chi connectivity index (χ3n) is 5.14. The lowest BCUT2D eigenvalue weighted by Crippen LogP contribution is -2.30. The van der Waals surface area contributed by atoms with Gasteiger partial charge in [-0.25, -0.2) is 9.97 Å². The van der Waals surface area contributed by atoms with Crippen LogP contribution in [0, 0.1) is 0 Å². The van der Waals surface area contributed by atoms with Crippen molar-refractivity contribution in [1.29, 1.82) is 0 Å². The molecule has 0 saturated carbocycles. The molecule has 0 spiro atoms. The average Bonchev–Trinajstić information content (AvgIpc) is 3.66. The van der Waals surface area contributed by atoms with Crippen molar-refractivity contribution in [1.82, 2.24) is 24.8 Å². The fourth-order valence-corrected chi connectivity index (χ4v) is 4.23. The lowest BCUT2D eigenvalue weighted by Gasteiger charge is -2.18. The molecule has 2 amide bonds. The topological polar surface area (TPSA) is 119 Å². The van der Waals surface area contributed by atoms with Gasteiger partial charge in [0.2, 0.25) is 5.91 Å². The molecule has 11 heteroatoms. The van der Waals surface area contributed by atoms with E-state index in [9.17, 15) is 9.59 Å². The monoisotopic (exact) mass is 476 g/mol. The van der Waals surface area contributed by atoms with E-state index in [-0.39, 0.29) is 24.8 Å². The van der Waals surface area contributed by atoms with Gasteiger partial charge in [-0.3, -0.25) is 14.5 Å². The van der Waals surface area contributed by atoms with Gasteiger partial charge in [0.05, 0.1) is 25.2 Å². The number of thiazole rings is 1. The second-order valence-corrected chi connectivity index (χ2v) is 8.46. The van der Waals surface area contributed by atoms with Crippen LogP contribution in [0.2, 0.25) is 0 Å². The van der Waals surface area contributed by atoms with E-state index in [4.69, 9.17) is 8.94 Å². The zero-order valence-electron chi connectivity index (χ0n) is 18.0. The van der Waals surface area contributed by atoms with Crippen LogP contribution in [0.15, 0.2) is 76.5 Å². The number of hydrogen-bond acceptors (Lipinski definition) is 8. The van der Waals surface area contributed by atoms with Crippen LogP contribution in [0.25, 0.3) is 5.65 Å². The minimum atomic E-state index is -0.265. The smallest absolute Gasteiger partial charge is 0.263 e. The Kier molecular flexibility index (Phi) is 6.17. The molecular formula is C23H20N6O4S. The highest BCUT2D eigenvalue weighted by Crippen LogP contribution is 2.26. The minimum Gasteiger partial charge on any atom is -0.467 e. The summed E-state index contributed by atoms with van der Waals surface area (Å²) in [7, 11) is 0. The summed E-state index contributed by atoms with van der Waals surface area (Å²) in [5, 5.41) is 6.98. The molecule has 0 bridgehead atoms. The highest BCUT2D eigenvalue weighted by Gasteiger charge is 2.22. The van der Waals surface area contributed by atoms with Crippen molar-refractivity contribution in [3.8, 4) is 0 Å². The first-order valence-corrected chi connectivity index (χ1v) is 11.4. The summed E-state index contributed by atoms with van der Waals surface area (Å²) >= 11 is 1.15. The lowest BCUT2D eigenvalue weighted by molar-refractivity contribution is -0.118. The first-order chi connectivity index (χ1) is 16.7. The predicted molar refractivity (Wildman–Crippen MR) is 123 cm³/mol. The number of carbonyl (C=O) groups excluding carboxylic acids is 2. The molecule has 1 N–H and O–H groups in total. The van der Waals surface area contributed by atoms with Crippen LogP contribution in [0.3, 0.4) is 0 Å². The van der Waals surface area contributed by atoms with Gasteiger partial charge in [-0.1, -0.05) is 16.5 Å². The van der Waals surface area contributed by atoms with Crippen LogP contribution in [0.4, 0.5) is 5.13 Å². The third-order valence-corrected chi connectivity index (χ3v) is 6.15. The molecule has 0 unspecified atom stereocenters. The van der Waals surface area contributed by atoms with Crippen LogP contribution in [-0.2, 0) is 24.3 Å². The Hall–Kier alpha value is -4.25. The number of anilines is 1. The molecule has 0 aliphatic heterocycles. The summed E-state index contributed by atoms with van der Waals surface area (Å²) in [6, 6.07) is 9.10. The number of aryl methyl sites for hydroxylation is 1. The number of fused-ring (bicyclic) bond motifs is 1. The molecule has 0 aromatic carbocycles. The summed E-state index contributed by atoms with van der Waals surface area (Å²) in [5.41, 5.74) is 1.74. The molecule has 0 aliphatic carbocycles. The first kappa shape index (κ1) is 21.6. The van der Waals surface area contributed by atoms with E-state index in [1.807, 2.05) is 28.9 Å². The predicted octanol–water partition coefficient (Wildman–Crippen LogP) is 3.47. The molecule has 5 aromatic heterocycles. The number of nitrogens with one attached hydrogen (secondary N) is 1. The van der Waals surface area contributed by atoms with E-state index in [1.165, 1.54) is 11.1 Å². The SMILES string of the molecule is O=C(NCc1ccn2ccnc2c1)c1cnc(N(Cc2ccco2)C(=O)CCc2ccno2)s1. The van der Waals surface area contributed by atoms with E-state index in [1.54, 1.807) is 36.9 Å². The van der Waals surface area contributed by atoms with Gasteiger partial charge in [-0.05, 0) is 29.8 Å². The maximum Gasteiger partial charge on any atom is 0.263 e. The van der Waals surface area contributed by atoms with Crippen LogP contribution >= 0.6 is 11.3 Å². The van der Waals surface area contributed by atoms with Gasteiger partial charge < -0.3 is 18.7 Å². The Morgan fingerprint density at radius 2 is 2.06 bits per heavy atom. The second-order valence-electron chi connectivity index (χ2n) is 7.46. The molecule has 5 rings (SSSR count). The Balaban J connectivity index is 1.27. The Morgan fingerprint density at radius 3 is 2.88 bits per heavy atom. The number of hydrogen-bond donors (Lipinski definition) is 1. The second kappa shape index (κ2) is 9.71. The number of imidazole rings is 1. The quantitative estimate of drug-likeness (QED) is 0.346. The van der Waals surface area contributed by atoms with Gasteiger partial charge in [0, 0.05) is 44.0 Å². The van der Waals surface area contributed by atoms with Crippen molar-refractivity contribution in [2.24, 2.45) is 0 Å². The lowest BCUT2D eigenvalue weighted by atomic mass is 10.2. The standard InChI is InChI=1S/C23H20N6O4S/c30-21(4-3-17-5-7-27-33-17)29(15-18-2-1-11-32-18)23-26-14-19(34-23)22(31)25-13-16-6-9-28-10-8-24-20(28)12-16/h1-2,5-12,14H,3-4,13,15H2,(H,25,31). The van der Waals surface area contributed by atoms with Gasteiger partial charge in [0.15, 0.2) is 5.13 Å². The van der Waals surface area contributed by atoms with Crippen LogP contribution in [-0.4, -0.2) is 31.3 Å². The number of furan rings is 1. The average molecular weight is 477 g/mol. The molecular weight excluding hydrogens is 456 g/mol. The summed E-state index contributed by atoms with van der Waals surface area (Å²) < 4.78 is 12.4. The Labute approximate surface area is 197 Å². The number of nitrogens with zero attached hydrogens (tertiary/aromatic N) is 5. The van der Waals surface area contributed by atoms with E-state index < -0.39 is 0 Å². The van der Waals surface area contributed by atoms with Crippen LogP contribution < -0.4 is 10.2 Å². The minimum absolute atomic E-state index is 0.165. The fourth-order valence-electron chi connectivity index (χ4n) is 3.38. The molecule has 0 fully saturated rings. The van der Waals surface area contributed by atoms with Gasteiger partial charge in [0.1, 0.15) is 22.0 Å². The third kappa shape index (κ3) is 4.89. The number of pyridine rings is 1. The molecule has 0 aliphatic rings. The fraction of sp³-hybridized carbons (Fsp3) is 0.174. The zero-order valence-corrected chi connectivity index (χ0v) is 18.8. The highest BCUT2D eigenvalue weighted by molar-refractivity contribution is 7.17. The molecule has 172 valence electrons. The van der Waals surface area contributed by atoms with Gasteiger partial charge >= 0.3 is 0 Å². The van der Waals surface area contributed by atoms with Crippen LogP contribution in [0.1, 0.15) is 33.2 Å². The molecule has 34 heavy (non-hydrogen) atoms. The van der Waals surface area contributed by atoms with Crippen molar-refractivity contribution in [3.63, 3.8) is 0 Å². The van der Waals surface area contributed by atoms with E-state index in [0.717, 1.165) is 22.5 Å². The van der Waals surface area contributed by atoms with Gasteiger partial charge in [-0.15, -0.1) is 0 Å². The number of aromatic nitrogens is 4. The molecule has 5 aromatic rings. The Morgan fingerprint density at radius 1 is 1.12 bits per heavy atom. The summed E-state index contributed by atoms with van der Waals surface area (Å²) in [6.45, 7) is 0.558. The van der Waals surface area contributed by atoms with Gasteiger partial charge in [-0.2, -0.15) is 0 Å². The van der Waals surface area contributed by atoms with E-state index in [0.29, 0.717) is 34.5 Å². The van der Waals surface area contributed by atoms with Crippen molar-refractivity contribution in [2.75, 3.05) is 4.90 Å². The number of carbonyl (C=O) groups is 2. The van der Waals surface area contributed by atoms with Crippen molar-refractivity contribution in [2.45, 2.75) is 25.9 Å². The summed E-state index contributed by atoms with van der Waals surface area (Å²) in [5.74, 6) is 0.809. The van der Waals surface area contributed by atoms with E-state index >= 15 is 0 Å². The molecule has 0 radical (unpaired) electrons. The first-order valence-electron chi connectivity index (χ1n) is 10.5. The maximum atomic E-state index is 13.0. The van der Waals surface area contributed by atoms with Crippen molar-refractivity contribution < 1.29 is 18.5 Å². The largest absolute Gasteiger partial charge is 0.467 e.